The topological polar surface area (TPSA) is 113 Å². The van der Waals surface area contributed by atoms with E-state index in [1.54, 1.807) is 0 Å². The maximum atomic E-state index is 11.3. The molecule has 7 heteroatoms. The van der Waals surface area contributed by atoms with E-state index in [-0.39, 0.29) is 19.0 Å². The van der Waals surface area contributed by atoms with E-state index in [4.69, 9.17) is 5.73 Å². The highest BCUT2D eigenvalue weighted by Gasteiger charge is 2.14. The Balaban J connectivity index is 3.89. The maximum Gasteiger partial charge on any atom is 0.242 e. The minimum atomic E-state index is -0.703. The van der Waals surface area contributed by atoms with Gasteiger partial charge in [-0.05, 0) is 6.92 Å². The van der Waals surface area contributed by atoms with Crippen LogP contribution in [-0.2, 0) is 14.4 Å². The monoisotopic (exact) mass is 216 g/mol. The largest absolute Gasteiger partial charge is 0.358 e. The van der Waals surface area contributed by atoms with Crippen LogP contribution in [-0.4, -0.2) is 43.9 Å². The molecule has 0 aromatic carbocycles. The fraction of sp³-hybridized carbons (Fsp3) is 0.625. The van der Waals surface area contributed by atoms with Crippen LogP contribution in [0.3, 0.4) is 0 Å². The van der Waals surface area contributed by atoms with E-state index in [9.17, 15) is 14.4 Å². The van der Waals surface area contributed by atoms with Crippen LogP contribution in [0.25, 0.3) is 0 Å². The van der Waals surface area contributed by atoms with Crippen LogP contribution in [0.4, 0.5) is 0 Å². The Kier molecular flexibility index (Phi) is 6.03. The predicted molar refractivity (Wildman–Crippen MR) is 53.7 cm³/mol. The summed E-state index contributed by atoms with van der Waals surface area (Å²) in [4.78, 5) is 32.9. The first-order valence-corrected chi connectivity index (χ1v) is 4.49. The SMILES string of the molecule is CNC(=O)CNC(=O)C(C)NC(=O)CN. The second kappa shape index (κ2) is 6.77. The minimum absolute atomic E-state index is 0.113. The Hall–Kier alpha value is -1.63. The Morgan fingerprint density at radius 2 is 1.87 bits per heavy atom. The first-order valence-electron chi connectivity index (χ1n) is 4.49. The molecule has 0 spiro atoms. The average molecular weight is 216 g/mol. The Labute approximate surface area is 87.8 Å². The summed E-state index contributed by atoms with van der Waals surface area (Å²) in [7, 11) is 1.47. The third kappa shape index (κ3) is 5.63. The lowest BCUT2D eigenvalue weighted by atomic mass is 10.3. The number of carbonyl (C=O) groups is 3. The summed E-state index contributed by atoms with van der Waals surface area (Å²) in [5, 5.41) is 7.07. The zero-order valence-corrected chi connectivity index (χ0v) is 8.79. The lowest BCUT2D eigenvalue weighted by molar-refractivity contribution is -0.129. The van der Waals surface area contributed by atoms with Crippen molar-refractivity contribution in [2.75, 3.05) is 20.1 Å². The van der Waals surface area contributed by atoms with Gasteiger partial charge in [0.15, 0.2) is 0 Å². The molecule has 0 aliphatic heterocycles. The van der Waals surface area contributed by atoms with Crippen molar-refractivity contribution >= 4 is 17.7 Å². The number of hydrogen-bond donors (Lipinski definition) is 4. The van der Waals surface area contributed by atoms with Gasteiger partial charge in [0, 0.05) is 7.05 Å². The molecule has 5 N–H and O–H groups in total. The van der Waals surface area contributed by atoms with E-state index in [1.165, 1.54) is 14.0 Å². The lowest BCUT2D eigenvalue weighted by Crippen LogP contribution is -2.48. The van der Waals surface area contributed by atoms with Crippen LogP contribution in [0.2, 0.25) is 0 Å². The molecule has 0 aromatic heterocycles. The molecule has 0 fully saturated rings. The molecule has 86 valence electrons. The van der Waals surface area contributed by atoms with Gasteiger partial charge in [-0.2, -0.15) is 0 Å². The minimum Gasteiger partial charge on any atom is -0.358 e. The van der Waals surface area contributed by atoms with Crippen LogP contribution >= 0.6 is 0 Å². The molecule has 0 aliphatic rings. The number of carbonyl (C=O) groups excluding carboxylic acids is 3. The average Bonchev–Trinajstić information content (AvgIpc) is 2.24. The molecule has 0 heterocycles. The molecule has 1 atom stereocenters. The highest BCUT2D eigenvalue weighted by atomic mass is 16.2. The zero-order chi connectivity index (χ0) is 11.8. The van der Waals surface area contributed by atoms with Crippen LogP contribution in [0.15, 0.2) is 0 Å². The third-order valence-electron chi connectivity index (χ3n) is 1.66. The van der Waals surface area contributed by atoms with Crippen molar-refractivity contribution in [2.45, 2.75) is 13.0 Å². The first-order chi connectivity index (χ1) is 7.01. The van der Waals surface area contributed by atoms with Crippen molar-refractivity contribution in [1.29, 1.82) is 0 Å². The predicted octanol–water partition coefficient (Wildman–Crippen LogP) is -2.69. The molecule has 3 amide bonds. The van der Waals surface area contributed by atoms with Crippen molar-refractivity contribution in [2.24, 2.45) is 5.73 Å². The van der Waals surface area contributed by atoms with E-state index in [0.29, 0.717) is 0 Å². The number of rotatable bonds is 5. The van der Waals surface area contributed by atoms with E-state index >= 15 is 0 Å². The quantitative estimate of drug-likeness (QED) is 0.401. The van der Waals surface area contributed by atoms with E-state index in [0.717, 1.165) is 0 Å². The van der Waals surface area contributed by atoms with Crippen molar-refractivity contribution < 1.29 is 14.4 Å². The molecule has 0 saturated carbocycles. The van der Waals surface area contributed by atoms with Gasteiger partial charge in [0.1, 0.15) is 6.04 Å². The summed E-state index contributed by atoms with van der Waals surface area (Å²) >= 11 is 0. The molecule has 7 nitrogen and oxygen atoms in total. The van der Waals surface area contributed by atoms with E-state index in [2.05, 4.69) is 16.0 Å². The smallest absolute Gasteiger partial charge is 0.242 e. The lowest BCUT2D eigenvalue weighted by Gasteiger charge is -2.12. The molecule has 0 saturated heterocycles. The number of nitrogens with two attached hydrogens (primary N) is 1. The van der Waals surface area contributed by atoms with Gasteiger partial charge in [0.2, 0.25) is 17.7 Å². The molecule has 0 bridgehead atoms. The van der Waals surface area contributed by atoms with E-state index < -0.39 is 17.9 Å². The second-order valence-corrected chi connectivity index (χ2v) is 2.88. The molecule has 0 aliphatic carbocycles. The molecule has 15 heavy (non-hydrogen) atoms. The highest BCUT2D eigenvalue weighted by Crippen LogP contribution is 1.81. The van der Waals surface area contributed by atoms with Crippen LogP contribution < -0.4 is 21.7 Å². The van der Waals surface area contributed by atoms with Crippen molar-refractivity contribution in [3.63, 3.8) is 0 Å². The standard InChI is InChI=1S/C8H16N4O3/c1-5(12-6(13)3-9)8(15)11-4-7(14)10-2/h5H,3-4,9H2,1-2H3,(H,10,14)(H,11,15)(H,12,13). The Bertz CT molecular complexity index is 254. The summed E-state index contributed by atoms with van der Waals surface area (Å²) in [6.45, 7) is 1.22. The van der Waals surface area contributed by atoms with Gasteiger partial charge in [-0.3, -0.25) is 14.4 Å². The van der Waals surface area contributed by atoms with Crippen molar-refractivity contribution in [3.05, 3.63) is 0 Å². The van der Waals surface area contributed by atoms with Gasteiger partial charge in [0.05, 0.1) is 13.1 Å². The van der Waals surface area contributed by atoms with Crippen LogP contribution in [0.5, 0.6) is 0 Å². The Morgan fingerprint density at radius 1 is 1.27 bits per heavy atom. The second-order valence-electron chi connectivity index (χ2n) is 2.88. The van der Waals surface area contributed by atoms with Crippen molar-refractivity contribution in [1.82, 2.24) is 16.0 Å². The molecule has 0 aromatic rings. The van der Waals surface area contributed by atoms with Crippen molar-refractivity contribution in [3.8, 4) is 0 Å². The number of likely N-dealkylation sites (N-methyl/N-ethyl adjacent to an activating group) is 1. The number of nitrogens with one attached hydrogen (secondary N) is 3. The third-order valence-corrected chi connectivity index (χ3v) is 1.66. The molecule has 0 radical (unpaired) electrons. The normalized spacial score (nSPS) is 11.4. The number of amides is 3. The summed E-state index contributed by atoms with van der Waals surface area (Å²) in [6, 6.07) is -0.703. The van der Waals surface area contributed by atoms with Gasteiger partial charge in [-0.1, -0.05) is 0 Å². The summed E-state index contributed by atoms with van der Waals surface area (Å²) in [5.74, 6) is -1.15. The van der Waals surface area contributed by atoms with Gasteiger partial charge in [0.25, 0.3) is 0 Å². The first kappa shape index (κ1) is 13.4. The van der Waals surface area contributed by atoms with E-state index in [1.807, 2.05) is 0 Å². The molecule has 0 rings (SSSR count). The van der Waals surface area contributed by atoms with Gasteiger partial charge in [-0.15, -0.1) is 0 Å². The molecular formula is C8H16N4O3. The maximum absolute atomic E-state index is 11.3. The fourth-order valence-corrected chi connectivity index (χ4v) is 0.775. The summed E-state index contributed by atoms with van der Waals surface area (Å²) in [5.41, 5.74) is 5.06. The molecular weight excluding hydrogens is 200 g/mol. The van der Waals surface area contributed by atoms with Gasteiger partial charge in [-0.25, -0.2) is 0 Å². The van der Waals surface area contributed by atoms with Gasteiger partial charge >= 0.3 is 0 Å². The summed E-state index contributed by atoms with van der Waals surface area (Å²) < 4.78 is 0. The van der Waals surface area contributed by atoms with Crippen LogP contribution in [0, 0.1) is 0 Å². The zero-order valence-electron chi connectivity index (χ0n) is 8.79. The number of hydrogen-bond acceptors (Lipinski definition) is 4. The highest BCUT2D eigenvalue weighted by molar-refractivity contribution is 5.90. The van der Waals surface area contributed by atoms with Crippen LogP contribution in [0.1, 0.15) is 6.92 Å². The Morgan fingerprint density at radius 3 is 2.33 bits per heavy atom. The van der Waals surface area contributed by atoms with Gasteiger partial charge < -0.3 is 21.7 Å². The summed E-state index contributed by atoms with van der Waals surface area (Å²) in [6.07, 6.45) is 0. The molecule has 1 unspecified atom stereocenters. The fourth-order valence-electron chi connectivity index (χ4n) is 0.775.